The smallest absolute Gasteiger partial charge is 0.0541 e. The maximum absolute atomic E-state index is 2.45. The largest absolute Gasteiger partial charge is 0.309 e. The van der Waals surface area contributed by atoms with Crippen LogP contribution in [0.3, 0.4) is 0 Å². The van der Waals surface area contributed by atoms with Crippen molar-refractivity contribution in [2.45, 2.75) is 5.92 Å². The number of fused-ring (bicyclic) bond motifs is 5. The molecule has 1 heterocycles. The van der Waals surface area contributed by atoms with E-state index in [0.29, 0.717) is 0 Å². The molecule has 1 aromatic heterocycles. The fourth-order valence-electron chi connectivity index (χ4n) is 6.80. The van der Waals surface area contributed by atoms with Crippen LogP contribution in [0.1, 0.15) is 28.2 Å². The molecule has 0 fully saturated rings. The fraction of sp³-hybridized carbons (Fsp3) is 0.0526. The number of aromatic nitrogens is 1. The van der Waals surface area contributed by atoms with Crippen LogP contribution in [-0.2, 0) is 0 Å². The lowest BCUT2D eigenvalue weighted by Crippen LogP contribution is -2.22. The molecule has 2 aliphatic carbocycles. The lowest BCUT2D eigenvalue weighted by molar-refractivity contribution is 0.649. The van der Waals surface area contributed by atoms with Crippen LogP contribution in [0.2, 0.25) is 0 Å². The van der Waals surface area contributed by atoms with Crippen molar-refractivity contribution in [3.8, 4) is 5.69 Å². The first-order chi connectivity index (χ1) is 19.4. The number of allylic oxidation sites excluding steroid dienone is 5. The first-order valence-corrected chi connectivity index (χ1v) is 13.7. The third-order valence-corrected chi connectivity index (χ3v) is 8.41. The maximum Gasteiger partial charge on any atom is 0.0541 e. The van der Waals surface area contributed by atoms with Crippen molar-refractivity contribution in [2.24, 2.45) is 5.92 Å². The van der Waals surface area contributed by atoms with E-state index >= 15 is 0 Å². The standard InChI is InChI=1S/C38H27N/c1-3-13-26(14-4-1)37-30-18-7-9-20-32(30)38(33-21-10-8-19-31(33)37)27-23-24-36-34(25-27)29-17-11-12-22-35(29)39(36)28-15-5-2-6-16-28/h1-25,32,38H. The quantitative estimate of drug-likeness (QED) is 0.229. The van der Waals surface area contributed by atoms with E-state index in [0.717, 1.165) is 0 Å². The molecule has 8 rings (SSSR count). The molecule has 0 aliphatic heterocycles. The zero-order valence-electron chi connectivity index (χ0n) is 21.5. The molecular weight excluding hydrogens is 470 g/mol. The third-order valence-electron chi connectivity index (χ3n) is 8.41. The van der Waals surface area contributed by atoms with Crippen LogP contribution in [0.5, 0.6) is 0 Å². The van der Waals surface area contributed by atoms with E-state index in [9.17, 15) is 0 Å². The summed E-state index contributed by atoms with van der Waals surface area (Å²) < 4.78 is 2.39. The molecule has 184 valence electrons. The minimum absolute atomic E-state index is 0.244. The summed E-state index contributed by atoms with van der Waals surface area (Å²) in [7, 11) is 0. The normalized spacial score (nSPS) is 17.9. The Bertz CT molecular complexity index is 1950. The molecule has 2 atom stereocenters. The van der Waals surface area contributed by atoms with Gasteiger partial charge in [-0.15, -0.1) is 0 Å². The molecular formula is C38H27N. The van der Waals surface area contributed by atoms with Crippen LogP contribution < -0.4 is 0 Å². The van der Waals surface area contributed by atoms with Gasteiger partial charge in [-0.1, -0.05) is 121 Å². The number of benzene rings is 5. The number of hydrogen-bond donors (Lipinski definition) is 0. The van der Waals surface area contributed by atoms with Gasteiger partial charge in [0.15, 0.2) is 0 Å². The van der Waals surface area contributed by atoms with Crippen LogP contribution in [0.15, 0.2) is 157 Å². The Kier molecular flexibility index (Phi) is 5.03. The average molecular weight is 498 g/mol. The van der Waals surface area contributed by atoms with Crippen LogP contribution in [0.4, 0.5) is 0 Å². The fourth-order valence-corrected chi connectivity index (χ4v) is 6.80. The second kappa shape index (κ2) is 8.85. The molecule has 0 amide bonds. The predicted molar refractivity (Wildman–Crippen MR) is 163 cm³/mol. The molecule has 5 aromatic carbocycles. The molecule has 2 aliphatic rings. The van der Waals surface area contributed by atoms with Gasteiger partial charge in [-0.2, -0.15) is 0 Å². The summed E-state index contributed by atoms with van der Waals surface area (Å²) in [6, 6.07) is 46.5. The van der Waals surface area contributed by atoms with Crippen LogP contribution >= 0.6 is 0 Å². The number of nitrogens with zero attached hydrogens (tertiary/aromatic N) is 1. The predicted octanol–water partition coefficient (Wildman–Crippen LogP) is 9.47. The summed E-state index contributed by atoms with van der Waals surface area (Å²) in [5, 5.41) is 2.60. The maximum atomic E-state index is 2.45. The highest BCUT2D eigenvalue weighted by atomic mass is 15.0. The molecule has 1 heteroatoms. The third kappa shape index (κ3) is 3.40. The lowest BCUT2D eigenvalue weighted by Gasteiger charge is -2.37. The second-order valence-electron chi connectivity index (χ2n) is 10.5. The van der Waals surface area contributed by atoms with Crippen LogP contribution in [0.25, 0.3) is 33.1 Å². The average Bonchev–Trinajstić information content (AvgIpc) is 3.34. The Labute approximate surface area is 228 Å². The topological polar surface area (TPSA) is 4.93 Å². The highest BCUT2D eigenvalue weighted by Gasteiger charge is 2.35. The van der Waals surface area contributed by atoms with Crippen molar-refractivity contribution in [3.63, 3.8) is 0 Å². The molecule has 2 unspecified atom stereocenters. The van der Waals surface area contributed by atoms with Crippen molar-refractivity contribution in [1.82, 2.24) is 4.57 Å². The molecule has 0 saturated carbocycles. The van der Waals surface area contributed by atoms with Gasteiger partial charge in [0.25, 0.3) is 0 Å². The molecule has 6 aromatic rings. The Morgan fingerprint density at radius 3 is 2.15 bits per heavy atom. The summed E-state index contributed by atoms with van der Waals surface area (Å²) in [5.74, 6) is 0.521. The Balaban J connectivity index is 1.38. The number of para-hydroxylation sites is 2. The molecule has 0 spiro atoms. The molecule has 39 heavy (non-hydrogen) atoms. The second-order valence-corrected chi connectivity index (χ2v) is 10.5. The Morgan fingerprint density at radius 2 is 1.28 bits per heavy atom. The van der Waals surface area contributed by atoms with E-state index in [1.807, 2.05) is 0 Å². The van der Waals surface area contributed by atoms with E-state index in [-0.39, 0.29) is 11.8 Å². The SMILES string of the molecule is C1=CC2=C(c3ccccc3)c3ccccc3C(c3ccc4c(c3)c3ccccc3n4-c3ccccc3)C2C=C1. The highest BCUT2D eigenvalue weighted by Crippen LogP contribution is 2.50. The van der Waals surface area contributed by atoms with E-state index < -0.39 is 0 Å². The molecule has 0 saturated heterocycles. The van der Waals surface area contributed by atoms with Gasteiger partial charge in [-0.3, -0.25) is 0 Å². The monoisotopic (exact) mass is 497 g/mol. The van der Waals surface area contributed by atoms with Gasteiger partial charge in [-0.05, 0) is 63.7 Å². The van der Waals surface area contributed by atoms with Crippen LogP contribution in [0, 0.1) is 5.92 Å². The van der Waals surface area contributed by atoms with Crippen LogP contribution in [-0.4, -0.2) is 4.57 Å². The Hall–Kier alpha value is -4.88. The molecule has 0 N–H and O–H groups in total. The van der Waals surface area contributed by atoms with Crippen molar-refractivity contribution >= 4 is 27.4 Å². The summed E-state index contributed by atoms with van der Waals surface area (Å²) in [5.41, 5.74) is 11.8. The molecule has 0 bridgehead atoms. The van der Waals surface area contributed by atoms with Gasteiger partial charge in [0.05, 0.1) is 11.0 Å². The minimum Gasteiger partial charge on any atom is -0.309 e. The molecule has 1 nitrogen and oxygen atoms in total. The van der Waals surface area contributed by atoms with E-state index in [1.54, 1.807) is 0 Å². The van der Waals surface area contributed by atoms with E-state index in [4.69, 9.17) is 0 Å². The number of rotatable bonds is 3. The van der Waals surface area contributed by atoms with Gasteiger partial charge < -0.3 is 4.57 Å². The molecule has 0 radical (unpaired) electrons. The minimum atomic E-state index is 0.244. The van der Waals surface area contributed by atoms with Gasteiger partial charge >= 0.3 is 0 Å². The van der Waals surface area contributed by atoms with Crippen molar-refractivity contribution in [3.05, 3.63) is 180 Å². The summed E-state index contributed by atoms with van der Waals surface area (Å²) in [6.45, 7) is 0. The Morgan fingerprint density at radius 1 is 0.564 bits per heavy atom. The van der Waals surface area contributed by atoms with Gasteiger partial charge in [0.2, 0.25) is 0 Å². The number of hydrogen-bond acceptors (Lipinski definition) is 0. The highest BCUT2D eigenvalue weighted by molar-refractivity contribution is 6.09. The first-order valence-electron chi connectivity index (χ1n) is 13.7. The lowest BCUT2D eigenvalue weighted by atomic mass is 9.66. The first kappa shape index (κ1) is 22.1. The summed E-state index contributed by atoms with van der Waals surface area (Å²) in [6.07, 6.45) is 9.14. The summed E-state index contributed by atoms with van der Waals surface area (Å²) >= 11 is 0. The van der Waals surface area contributed by atoms with Crippen molar-refractivity contribution in [1.29, 1.82) is 0 Å². The van der Waals surface area contributed by atoms with Gasteiger partial charge in [0.1, 0.15) is 0 Å². The van der Waals surface area contributed by atoms with Crippen molar-refractivity contribution < 1.29 is 0 Å². The van der Waals surface area contributed by atoms with Crippen molar-refractivity contribution in [2.75, 3.05) is 0 Å². The van der Waals surface area contributed by atoms with Gasteiger partial charge in [-0.25, -0.2) is 0 Å². The van der Waals surface area contributed by atoms with E-state index in [1.165, 1.54) is 60.9 Å². The van der Waals surface area contributed by atoms with E-state index in [2.05, 4.69) is 156 Å². The zero-order chi connectivity index (χ0) is 25.8. The van der Waals surface area contributed by atoms with Gasteiger partial charge in [0, 0.05) is 28.3 Å². The zero-order valence-corrected chi connectivity index (χ0v) is 21.5. The summed E-state index contributed by atoms with van der Waals surface area (Å²) in [4.78, 5) is 0.